The van der Waals surface area contributed by atoms with Crippen LogP contribution in [0.25, 0.3) is 0 Å². The molecular formula is C19H20N10O7S3. The molecule has 5 N–H and O–H groups in total. The highest BCUT2D eigenvalue weighted by Crippen LogP contribution is 2.41. The first-order valence-corrected chi connectivity index (χ1v) is 13.7. The third-order valence-electron chi connectivity index (χ3n) is 5.23. The summed E-state index contributed by atoms with van der Waals surface area (Å²) in [5, 5.41) is 36.1. The fourth-order valence-electron chi connectivity index (χ4n) is 3.38. The van der Waals surface area contributed by atoms with Gasteiger partial charge >= 0.3 is 11.9 Å². The van der Waals surface area contributed by atoms with E-state index in [4.69, 9.17) is 15.7 Å². The van der Waals surface area contributed by atoms with E-state index in [1.807, 2.05) is 0 Å². The number of anilines is 1. The van der Waals surface area contributed by atoms with Crippen LogP contribution in [-0.2, 0) is 30.6 Å². The molecule has 1 fully saturated rings. The maximum absolute atomic E-state index is 13.0. The van der Waals surface area contributed by atoms with Crippen LogP contribution >= 0.6 is 35.1 Å². The number of hydrogen-bond acceptors (Lipinski definition) is 15. The van der Waals surface area contributed by atoms with Crippen molar-refractivity contribution in [2.45, 2.75) is 36.1 Å². The lowest BCUT2D eigenvalue weighted by atomic mass is 10.0. The van der Waals surface area contributed by atoms with E-state index in [2.05, 4.69) is 41.9 Å². The van der Waals surface area contributed by atoms with Crippen LogP contribution in [0, 0.1) is 0 Å². The largest absolute Gasteiger partial charge is 0.478 e. The van der Waals surface area contributed by atoms with Gasteiger partial charge in [0, 0.05) is 23.0 Å². The number of nitrogens with one attached hydrogen (secondary N) is 1. The van der Waals surface area contributed by atoms with E-state index in [9.17, 15) is 24.3 Å². The molecule has 39 heavy (non-hydrogen) atoms. The minimum absolute atomic E-state index is 0.0191. The van der Waals surface area contributed by atoms with Gasteiger partial charge in [-0.1, -0.05) is 23.0 Å². The molecule has 2 amide bonds. The van der Waals surface area contributed by atoms with Crippen LogP contribution in [-0.4, -0.2) is 103 Å². The molecule has 2 unspecified atom stereocenters. The smallest absolute Gasteiger partial charge is 0.352 e. The number of nitrogen functional groups attached to an aromatic ring is 1. The van der Waals surface area contributed by atoms with Gasteiger partial charge in [0.05, 0.1) is 6.54 Å². The molecular weight excluding hydrogens is 576 g/mol. The number of amides is 2. The summed E-state index contributed by atoms with van der Waals surface area (Å²) >= 11 is 3.25. The van der Waals surface area contributed by atoms with Crippen molar-refractivity contribution >= 4 is 69.7 Å². The minimum Gasteiger partial charge on any atom is -0.478 e. The lowest BCUT2D eigenvalue weighted by Crippen LogP contribution is -2.71. The Labute approximate surface area is 231 Å². The van der Waals surface area contributed by atoms with Crippen molar-refractivity contribution in [1.82, 2.24) is 39.8 Å². The molecule has 4 rings (SSSR count). The molecule has 0 spiro atoms. The lowest BCUT2D eigenvalue weighted by molar-refractivity contribution is -0.150. The van der Waals surface area contributed by atoms with Gasteiger partial charge < -0.3 is 26.1 Å². The lowest BCUT2D eigenvalue weighted by Gasteiger charge is -2.49. The zero-order valence-corrected chi connectivity index (χ0v) is 22.4. The van der Waals surface area contributed by atoms with E-state index in [0.717, 1.165) is 16.4 Å². The normalized spacial score (nSPS) is 19.7. The molecule has 0 aliphatic carbocycles. The van der Waals surface area contributed by atoms with E-state index in [1.54, 1.807) is 6.08 Å². The van der Waals surface area contributed by atoms with Gasteiger partial charge in [0.15, 0.2) is 5.13 Å². The predicted octanol–water partition coefficient (Wildman–Crippen LogP) is -0.982. The molecule has 2 aromatic rings. The molecule has 2 aliphatic heterocycles. The molecule has 0 aromatic carbocycles. The number of aromatic nitrogens is 6. The van der Waals surface area contributed by atoms with E-state index < -0.39 is 47.0 Å². The number of rotatable bonds is 12. The summed E-state index contributed by atoms with van der Waals surface area (Å²) in [5.74, 6) is -3.94. The summed E-state index contributed by atoms with van der Waals surface area (Å²) in [5.41, 5.74) is 5.40. The first kappa shape index (κ1) is 28.0. The molecule has 0 saturated carbocycles. The highest BCUT2D eigenvalue weighted by atomic mass is 32.2. The van der Waals surface area contributed by atoms with Crippen LogP contribution in [0.1, 0.15) is 12.7 Å². The Hall–Kier alpha value is -4.04. The van der Waals surface area contributed by atoms with Gasteiger partial charge in [-0.25, -0.2) is 14.3 Å². The van der Waals surface area contributed by atoms with Crippen molar-refractivity contribution in [2.75, 3.05) is 17.2 Å². The Morgan fingerprint density at radius 3 is 2.82 bits per heavy atom. The first-order valence-electron chi connectivity index (χ1n) is 10.9. The van der Waals surface area contributed by atoms with Crippen molar-refractivity contribution in [3.63, 3.8) is 0 Å². The van der Waals surface area contributed by atoms with Crippen LogP contribution in [0.5, 0.6) is 0 Å². The molecule has 20 heteroatoms. The Kier molecular flexibility index (Phi) is 8.45. The van der Waals surface area contributed by atoms with Gasteiger partial charge in [0.25, 0.3) is 11.8 Å². The van der Waals surface area contributed by atoms with Crippen molar-refractivity contribution in [2.24, 2.45) is 5.16 Å². The number of tetrazole rings is 1. The summed E-state index contributed by atoms with van der Waals surface area (Å²) < 4.78 is 5.40. The van der Waals surface area contributed by atoms with E-state index in [1.165, 1.54) is 35.1 Å². The molecule has 2 aromatic heterocycles. The van der Waals surface area contributed by atoms with Gasteiger partial charge in [0.2, 0.25) is 22.8 Å². The SMILES string of the molecule is C=CCn1nnnc1SCC1=C(C(=O)O)N2C(=O)C(NC(=O)C(=NOC(C)C(=O)O)c3nsc(N)n3)[C@H]2SC1. The van der Waals surface area contributed by atoms with Crippen LogP contribution in [0.4, 0.5) is 5.13 Å². The molecule has 4 heterocycles. The summed E-state index contributed by atoms with van der Waals surface area (Å²) in [4.78, 5) is 59.1. The topological polar surface area (TPSA) is 241 Å². The van der Waals surface area contributed by atoms with Crippen LogP contribution in [0.3, 0.4) is 0 Å². The number of β-lactam (4-membered cyclic amide) rings is 1. The summed E-state index contributed by atoms with van der Waals surface area (Å²) in [6.45, 7) is 5.21. The van der Waals surface area contributed by atoms with Crippen LogP contribution in [0.15, 0.2) is 34.2 Å². The number of carbonyl (C=O) groups is 4. The molecule has 0 radical (unpaired) electrons. The average Bonchev–Trinajstić information content (AvgIpc) is 3.53. The molecule has 1 saturated heterocycles. The molecule has 206 valence electrons. The second kappa shape index (κ2) is 11.8. The fraction of sp³-hybridized carbons (Fsp3) is 0.368. The Balaban J connectivity index is 1.50. The standard InChI is InChI=1S/C19H20N10O7S3/c1-3-4-28-19(23-26-27-28)38-6-8-5-37-15-10(14(31)29(15)11(8)17(34)35)21-13(30)9(12-22-18(20)39-25-12)24-36-7(2)16(32)33/h3,7,10,15H,1,4-6H2,2H3,(H,21,30)(H,32,33)(H,34,35)(H2,20,22,25)/t7?,10?,15-/m1/s1. The third-order valence-corrected chi connectivity index (χ3v) is 8.16. The number of thioether (sulfide) groups is 2. The monoisotopic (exact) mass is 596 g/mol. The van der Waals surface area contributed by atoms with Gasteiger partial charge in [-0.05, 0) is 22.9 Å². The zero-order chi connectivity index (χ0) is 28.3. The number of carboxylic acids is 2. The van der Waals surface area contributed by atoms with Gasteiger partial charge in [-0.3, -0.25) is 14.5 Å². The Morgan fingerprint density at radius 2 is 2.18 bits per heavy atom. The second-order valence-electron chi connectivity index (χ2n) is 7.82. The summed E-state index contributed by atoms with van der Waals surface area (Å²) in [6.07, 6.45) is 0.227. The van der Waals surface area contributed by atoms with Gasteiger partial charge in [-0.15, -0.1) is 23.4 Å². The number of hydrogen-bond donors (Lipinski definition) is 4. The number of nitrogens with zero attached hydrogens (tertiary/aromatic N) is 8. The Bertz CT molecular complexity index is 1390. The van der Waals surface area contributed by atoms with Gasteiger partial charge in [-0.2, -0.15) is 9.36 Å². The predicted molar refractivity (Wildman–Crippen MR) is 137 cm³/mol. The van der Waals surface area contributed by atoms with Gasteiger partial charge in [0.1, 0.15) is 17.1 Å². The second-order valence-corrected chi connectivity index (χ2v) is 10.7. The van der Waals surface area contributed by atoms with Crippen molar-refractivity contribution in [3.05, 3.63) is 29.7 Å². The minimum atomic E-state index is -1.39. The molecule has 3 atom stereocenters. The fourth-order valence-corrected chi connectivity index (χ4v) is 6.19. The van der Waals surface area contributed by atoms with Crippen molar-refractivity contribution in [1.29, 1.82) is 0 Å². The maximum Gasteiger partial charge on any atom is 0.352 e. The summed E-state index contributed by atoms with van der Waals surface area (Å²) in [6, 6.07) is -1.09. The number of carbonyl (C=O) groups excluding carboxylic acids is 2. The van der Waals surface area contributed by atoms with E-state index >= 15 is 0 Å². The van der Waals surface area contributed by atoms with E-state index in [0.29, 0.717) is 17.3 Å². The third kappa shape index (κ3) is 5.86. The number of oxime groups is 1. The maximum atomic E-state index is 13.0. The number of aliphatic carboxylic acids is 2. The average molecular weight is 597 g/mol. The number of nitrogens with two attached hydrogens (primary N) is 1. The molecule has 0 bridgehead atoms. The molecule has 17 nitrogen and oxygen atoms in total. The highest BCUT2D eigenvalue weighted by molar-refractivity contribution is 8.01. The molecule has 2 aliphatic rings. The number of allylic oxidation sites excluding steroid dienone is 1. The Morgan fingerprint density at radius 1 is 1.41 bits per heavy atom. The van der Waals surface area contributed by atoms with Crippen LogP contribution < -0.4 is 11.1 Å². The van der Waals surface area contributed by atoms with Crippen molar-refractivity contribution < 1.29 is 34.2 Å². The number of carboxylic acid groups (broad SMARTS) is 2. The quantitative estimate of drug-likeness (QED) is 0.0756. The van der Waals surface area contributed by atoms with E-state index in [-0.39, 0.29) is 28.2 Å². The summed E-state index contributed by atoms with van der Waals surface area (Å²) in [7, 11) is 0. The van der Waals surface area contributed by atoms with Crippen LogP contribution in [0.2, 0.25) is 0 Å². The zero-order valence-electron chi connectivity index (χ0n) is 20.0. The number of fused-ring (bicyclic) bond motifs is 1. The van der Waals surface area contributed by atoms with Crippen molar-refractivity contribution in [3.8, 4) is 0 Å². The highest BCUT2D eigenvalue weighted by Gasteiger charge is 2.54. The first-order chi connectivity index (χ1) is 18.6.